The van der Waals surface area contributed by atoms with Gasteiger partial charge in [-0.15, -0.1) is 4.98 Å². The van der Waals surface area contributed by atoms with Crippen LogP contribution >= 0.6 is 38.7 Å². The summed E-state index contributed by atoms with van der Waals surface area (Å²) in [5, 5.41) is 0. The number of hydrogen-bond donors (Lipinski definition) is 1. The number of nitrogens with two attached hydrogens (primary N) is 1. The average Bonchev–Trinajstić information content (AvgIpc) is 3.33. The molecule has 27 heteroatoms. The zero-order valence-corrected chi connectivity index (χ0v) is 43.9. The molecule has 372 valence electrons. The van der Waals surface area contributed by atoms with E-state index in [0.29, 0.717) is 49.7 Å². The highest BCUT2D eigenvalue weighted by Gasteiger charge is 2.33. The quantitative estimate of drug-likeness (QED) is 0.0463. The predicted octanol–water partition coefficient (Wildman–Crippen LogP) is 8.83. The first-order valence-corrected chi connectivity index (χ1v) is 29.1. The molecule has 0 saturated heterocycles. The number of benzene rings is 3. The average molecular weight is 1040 g/mol. The van der Waals surface area contributed by atoms with Gasteiger partial charge in [0.05, 0.1) is 0 Å². The molecule has 2 N–H and O–H groups in total. The van der Waals surface area contributed by atoms with Crippen LogP contribution in [0.4, 0.5) is 5.95 Å². The van der Waals surface area contributed by atoms with Crippen LogP contribution in [0.3, 0.4) is 0 Å². The first kappa shape index (κ1) is 56.4. The van der Waals surface area contributed by atoms with E-state index in [1.807, 2.05) is 67.1 Å². The Morgan fingerprint density at radius 2 is 0.806 bits per heavy atom. The number of anilines is 1. The van der Waals surface area contributed by atoms with Gasteiger partial charge in [0.15, 0.2) is 8.30 Å². The van der Waals surface area contributed by atoms with Crippen LogP contribution in [0.1, 0.15) is 16.7 Å². The van der Waals surface area contributed by atoms with Crippen LogP contribution in [-0.4, -0.2) is 134 Å². The summed E-state index contributed by atoms with van der Waals surface area (Å²) in [4.78, 5) is 18.8. The lowest BCUT2D eigenvalue weighted by atomic mass is 10.1. The van der Waals surface area contributed by atoms with Crippen molar-refractivity contribution in [3.05, 3.63) is 89.5 Å². The summed E-state index contributed by atoms with van der Waals surface area (Å²) in [6, 6.07) is 21.8. The van der Waals surface area contributed by atoms with Crippen molar-refractivity contribution in [2.75, 3.05) is 114 Å². The predicted molar refractivity (Wildman–Crippen MR) is 256 cm³/mol. The van der Waals surface area contributed by atoms with Gasteiger partial charge in [0.25, 0.3) is 0 Å². The van der Waals surface area contributed by atoms with Crippen LogP contribution in [-0.2, 0) is 73.8 Å². The van der Waals surface area contributed by atoms with E-state index in [9.17, 15) is 18.3 Å². The van der Waals surface area contributed by atoms with Crippen molar-refractivity contribution in [1.29, 1.82) is 0 Å². The van der Waals surface area contributed by atoms with Crippen LogP contribution in [0.2, 0.25) is 0 Å². The molecule has 0 amide bonds. The molecule has 0 aliphatic rings. The molecular formula is C40H62N7O15P5. The van der Waals surface area contributed by atoms with Gasteiger partial charge in [-0.25, -0.2) is 0 Å². The maximum Gasteiger partial charge on any atom is 0.344 e. The van der Waals surface area contributed by atoms with Gasteiger partial charge in [-0.3, -0.25) is 33.6 Å². The van der Waals surface area contributed by atoms with Gasteiger partial charge in [0.1, 0.15) is 42.4 Å². The fourth-order valence-electron chi connectivity index (χ4n) is 6.10. The van der Waals surface area contributed by atoms with Crippen molar-refractivity contribution in [2.45, 2.75) is 19.4 Å². The maximum absolute atomic E-state index is 13.0. The Labute approximate surface area is 394 Å². The molecular weight excluding hydrogens is 973 g/mol. The van der Waals surface area contributed by atoms with Gasteiger partial charge >= 0.3 is 42.4 Å². The second kappa shape index (κ2) is 26.7. The molecule has 0 aliphatic carbocycles. The minimum Gasteiger partial charge on any atom is -0.459 e. The van der Waals surface area contributed by atoms with E-state index in [1.54, 1.807) is 34.1 Å². The van der Waals surface area contributed by atoms with Crippen molar-refractivity contribution in [3.63, 3.8) is 0 Å². The number of hydrogen-bond acceptors (Lipinski definition) is 22. The number of rotatable bonds is 31. The lowest BCUT2D eigenvalue weighted by Gasteiger charge is -2.27. The third-order valence-electron chi connectivity index (χ3n) is 9.93. The molecule has 0 spiro atoms. The van der Waals surface area contributed by atoms with E-state index in [1.165, 1.54) is 56.9 Å². The molecule has 0 saturated carbocycles. The monoisotopic (exact) mass is 1040 g/mol. The summed E-state index contributed by atoms with van der Waals surface area (Å²) in [5.74, 6) is 1.76. The zero-order chi connectivity index (χ0) is 49.3. The second-order valence-corrected chi connectivity index (χ2v) is 24.8. The Kier molecular flexibility index (Phi) is 22.4. The third kappa shape index (κ3) is 18.2. The molecule has 0 fully saturated rings. The topological polar surface area (TPSA) is 244 Å². The first-order chi connectivity index (χ1) is 31.8. The van der Waals surface area contributed by atoms with Crippen molar-refractivity contribution in [3.8, 4) is 29.3 Å². The van der Waals surface area contributed by atoms with E-state index >= 15 is 0 Å². The lowest BCUT2D eigenvalue weighted by molar-refractivity contribution is 0.223. The highest BCUT2D eigenvalue weighted by Crippen LogP contribution is 2.53. The minimum absolute atomic E-state index is 0.0379. The lowest BCUT2D eigenvalue weighted by Crippen LogP contribution is -2.29. The smallest absolute Gasteiger partial charge is 0.344 e. The maximum atomic E-state index is 13.0. The molecule has 1 atom stereocenters. The second-order valence-electron chi connectivity index (χ2n) is 14.6. The highest BCUT2D eigenvalue weighted by atomic mass is 31.2. The van der Waals surface area contributed by atoms with Crippen LogP contribution in [0.5, 0.6) is 29.3 Å². The molecule has 1 unspecified atom stereocenters. The number of nitrogens with zero attached hydrogens (tertiary/aromatic N) is 6. The van der Waals surface area contributed by atoms with Gasteiger partial charge < -0.3 is 55.1 Å². The Balaban J connectivity index is 1.55. The van der Waals surface area contributed by atoms with Gasteiger partial charge in [-0.05, 0) is 65.9 Å². The Morgan fingerprint density at radius 3 is 1.12 bits per heavy atom. The summed E-state index contributed by atoms with van der Waals surface area (Å²) in [5.41, 5.74) is 8.56. The standard InChI is InChI=1S/C40H62N7O15P5/c1-45(27-34-15-21-37(22-16-34)62-63(10)41)38-42-39(60-35-17-11-32(12-18-35)23-25-46(28-64(48,52-2)53-3)29-65(49,54-4)55-5)44-40(43-38)61-36-19-13-33(14-20-36)24-26-47(30-66(50,56-6)57-7)31-67(51,58-8)59-9/h11-22H,23-31,41H2,1-10H3. The van der Waals surface area contributed by atoms with E-state index in [-0.39, 0.29) is 43.1 Å². The van der Waals surface area contributed by atoms with Crippen LogP contribution in [0.25, 0.3) is 0 Å². The third-order valence-corrected chi connectivity index (χ3v) is 17.9. The molecule has 67 heavy (non-hydrogen) atoms. The summed E-state index contributed by atoms with van der Waals surface area (Å²) >= 11 is 0. The normalized spacial score (nSPS) is 13.0. The molecule has 0 radical (unpaired) electrons. The van der Waals surface area contributed by atoms with E-state index < -0.39 is 38.7 Å². The Bertz CT molecular complexity index is 2120. The molecule has 22 nitrogen and oxygen atoms in total. The van der Waals surface area contributed by atoms with Gasteiger partial charge in [-0.2, -0.15) is 9.97 Å². The van der Waals surface area contributed by atoms with Crippen LogP contribution in [0, 0.1) is 0 Å². The first-order valence-electron chi connectivity index (χ1n) is 20.4. The molecule has 3 aromatic carbocycles. The van der Waals surface area contributed by atoms with Crippen molar-refractivity contribution in [1.82, 2.24) is 24.8 Å². The van der Waals surface area contributed by atoms with Crippen molar-refractivity contribution in [2.24, 2.45) is 5.50 Å². The Hall–Kier alpha value is -3.22. The zero-order valence-electron chi connectivity index (χ0n) is 39.4. The fraction of sp³-hybridized carbons (Fsp3) is 0.475. The summed E-state index contributed by atoms with van der Waals surface area (Å²) in [6.07, 6.45) is 0.370. The molecule has 1 aromatic heterocycles. The molecule has 4 aromatic rings. The van der Waals surface area contributed by atoms with Gasteiger partial charge in [0.2, 0.25) is 5.95 Å². The molecule has 1 heterocycles. The number of aromatic nitrogens is 3. The fourth-order valence-corrected chi connectivity index (χ4v) is 11.3. The summed E-state index contributed by atoms with van der Waals surface area (Å²) < 4.78 is 111. The van der Waals surface area contributed by atoms with Crippen LogP contribution in [0.15, 0.2) is 72.8 Å². The molecule has 0 bridgehead atoms. The molecule has 0 aliphatic heterocycles. The van der Waals surface area contributed by atoms with E-state index in [0.717, 1.165) is 16.7 Å². The highest BCUT2D eigenvalue weighted by molar-refractivity contribution is 7.55. The summed E-state index contributed by atoms with van der Waals surface area (Å²) in [6.45, 7) is 2.85. The largest absolute Gasteiger partial charge is 0.459 e. The molecule has 4 rings (SSSR count). The van der Waals surface area contributed by atoms with Crippen molar-refractivity contribution < 1.29 is 68.4 Å². The van der Waals surface area contributed by atoms with Crippen molar-refractivity contribution >= 4 is 44.6 Å². The minimum atomic E-state index is -3.50. The van der Waals surface area contributed by atoms with E-state index in [2.05, 4.69) is 15.0 Å². The van der Waals surface area contributed by atoms with Gasteiger partial charge in [0, 0.05) is 90.2 Å². The van der Waals surface area contributed by atoms with Gasteiger partial charge in [-0.1, -0.05) is 36.4 Å². The SMILES string of the molecule is COP(=O)(CN(CCc1ccc(Oc2nc(Oc3ccc(CCN(CP(=O)(OC)OC)CP(=O)(OC)OC)cc3)nc(N(C)Cc3ccc(OP(C)N)cc3)n2)cc1)CP(=O)(OC)OC)OC. The van der Waals surface area contributed by atoms with Crippen LogP contribution < -0.4 is 24.4 Å². The number of ether oxygens (including phenoxy) is 2. The van der Waals surface area contributed by atoms with E-state index in [4.69, 9.17) is 55.7 Å². The summed E-state index contributed by atoms with van der Waals surface area (Å²) in [7, 11) is -2.95. The Morgan fingerprint density at radius 1 is 0.493 bits per heavy atom.